The van der Waals surface area contributed by atoms with E-state index in [0.717, 1.165) is 26.6 Å². The van der Waals surface area contributed by atoms with Crippen molar-refractivity contribution in [3.05, 3.63) is 81.3 Å². The van der Waals surface area contributed by atoms with Crippen molar-refractivity contribution in [3.63, 3.8) is 0 Å². The summed E-state index contributed by atoms with van der Waals surface area (Å²) in [5.74, 6) is -1.19. The number of carbonyl (C=O) groups excluding carboxylic acids is 2. The summed E-state index contributed by atoms with van der Waals surface area (Å²) in [6, 6.07) is 16.1. The minimum Gasteiger partial charge on any atom is -0.508 e. The molecule has 7 nitrogen and oxygen atoms in total. The first-order valence-electron chi connectivity index (χ1n) is 10.5. The first-order chi connectivity index (χ1) is 16.3. The Morgan fingerprint density at radius 2 is 1.76 bits per heavy atom. The van der Waals surface area contributed by atoms with Gasteiger partial charge in [0.1, 0.15) is 11.5 Å². The molecule has 0 spiro atoms. The molecule has 0 aliphatic carbocycles. The van der Waals surface area contributed by atoms with Crippen LogP contribution in [0.4, 0.5) is 5.69 Å². The maximum Gasteiger partial charge on any atom is 0.396 e. The second-order valence-electron chi connectivity index (χ2n) is 7.84. The number of methoxy groups -OCH3 is 1. The van der Waals surface area contributed by atoms with E-state index in [0.29, 0.717) is 17.9 Å². The zero-order chi connectivity index (χ0) is 24.2. The number of nitrogens with one attached hydrogen (secondary N) is 1. The lowest BCUT2D eigenvalue weighted by Gasteiger charge is -2.29. The third-order valence-corrected chi connectivity index (χ3v) is 6.06. The average Bonchev–Trinajstić information content (AvgIpc) is 2.82. The Labute approximate surface area is 206 Å². The largest absolute Gasteiger partial charge is 0.508 e. The normalized spacial score (nSPS) is 13.1. The number of ether oxygens (including phenoxy) is 2. The molecule has 1 aliphatic rings. The number of hydrogen-bond donors (Lipinski definition) is 2. The van der Waals surface area contributed by atoms with E-state index in [2.05, 4.69) is 33.2 Å². The predicted molar refractivity (Wildman–Crippen MR) is 130 cm³/mol. The van der Waals surface area contributed by atoms with E-state index in [-0.39, 0.29) is 27.2 Å². The zero-order valence-electron chi connectivity index (χ0n) is 18.3. The highest BCUT2D eigenvalue weighted by atomic mass is 35.5. The van der Waals surface area contributed by atoms with Gasteiger partial charge in [0.2, 0.25) is 0 Å². The van der Waals surface area contributed by atoms with Crippen molar-refractivity contribution in [3.8, 4) is 17.2 Å². The van der Waals surface area contributed by atoms with Crippen LogP contribution in [0.3, 0.4) is 0 Å². The number of anilines is 1. The summed E-state index contributed by atoms with van der Waals surface area (Å²) in [6.45, 7) is 2.24. The molecule has 0 atom stereocenters. The van der Waals surface area contributed by atoms with Crippen LogP contribution >= 0.6 is 23.2 Å². The number of halogens is 2. The minimum atomic E-state index is -1.04. The standard InChI is InChI=1S/C25H22Cl2N2O5/c1-33-25(32)24(31)28-18-11-20(26)23(21(27)12-18)34-19-6-7-22(30)17(10-19)14-29-9-8-15-4-2-3-5-16(15)13-29/h2-7,10-12,30H,8-9,13-14H2,1H3,(H,28,31). The first kappa shape index (κ1) is 23.9. The van der Waals surface area contributed by atoms with Gasteiger partial charge in [0.15, 0.2) is 5.75 Å². The van der Waals surface area contributed by atoms with Gasteiger partial charge in [-0.2, -0.15) is 0 Å². The number of phenols is 1. The number of hydrogen-bond acceptors (Lipinski definition) is 6. The van der Waals surface area contributed by atoms with Crippen molar-refractivity contribution in [1.82, 2.24) is 4.90 Å². The van der Waals surface area contributed by atoms with Crippen LogP contribution in [-0.4, -0.2) is 35.5 Å². The summed E-state index contributed by atoms with van der Waals surface area (Å²) < 4.78 is 10.3. The molecule has 1 heterocycles. The van der Waals surface area contributed by atoms with Crippen LogP contribution in [0.25, 0.3) is 0 Å². The van der Waals surface area contributed by atoms with Crippen LogP contribution in [0.1, 0.15) is 16.7 Å². The lowest BCUT2D eigenvalue weighted by molar-refractivity contribution is -0.150. The highest BCUT2D eigenvalue weighted by Gasteiger charge is 2.19. The molecule has 1 aliphatic heterocycles. The van der Waals surface area contributed by atoms with Crippen LogP contribution in [0.5, 0.6) is 17.2 Å². The number of amides is 1. The van der Waals surface area contributed by atoms with Crippen LogP contribution in [0, 0.1) is 0 Å². The third-order valence-electron chi connectivity index (χ3n) is 5.50. The Bertz CT molecular complexity index is 1220. The van der Waals surface area contributed by atoms with Gasteiger partial charge in [0, 0.05) is 30.9 Å². The van der Waals surface area contributed by atoms with Crippen molar-refractivity contribution in [2.45, 2.75) is 19.5 Å². The van der Waals surface area contributed by atoms with Gasteiger partial charge in [-0.1, -0.05) is 47.5 Å². The number of carbonyl (C=O) groups is 2. The highest BCUT2D eigenvalue weighted by molar-refractivity contribution is 6.39. The Hall–Kier alpha value is -3.26. The number of nitrogens with zero attached hydrogens (tertiary/aromatic N) is 1. The molecule has 1 amide bonds. The van der Waals surface area contributed by atoms with Gasteiger partial charge in [-0.25, -0.2) is 4.79 Å². The third kappa shape index (κ3) is 5.44. The first-order valence-corrected chi connectivity index (χ1v) is 11.3. The maximum absolute atomic E-state index is 11.7. The summed E-state index contributed by atoms with van der Waals surface area (Å²) in [4.78, 5) is 25.3. The van der Waals surface area contributed by atoms with Crippen molar-refractivity contribution in [1.29, 1.82) is 0 Å². The summed E-state index contributed by atoms with van der Waals surface area (Å²) in [5.41, 5.74) is 3.58. The number of aromatic hydroxyl groups is 1. The zero-order valence-corrected chi connectivity index (χ0v) is 19.8. The molecule has 2 N–H and O–H groups in total. The van der Waals surface area contributed by atoms with Gasteiger partial charge in [0.25, 0.3) is 0 Å². The molecule has 0 saturated carbocycles. The fourth-order valence-electron chi connectivity index (χ4n) is 3.80. The Kier molecular flexibility index (Phi) is 7.26. The van der Waals surface area contributed by atoms with Crippen LogP contribution in [-0.2, 0) is 33.8 Å². The van der Waals surface area contributed by atoms with Crippen LogP contribution in [0.2, 0.25) is 10.0 Å². The second-order valence-corrected chi connectivity index (χ2v) is 8.65. The average molecular weight is 501 g/mol. The number of phenolic OH excluding ortho intramolecular Hbond substituents is 1. The van der Waals surface area contributed by atoms with E-state index in [9.17, 15) is 14.7 Å². The topological polar surface area (TPSA) is 88.1 Å². The Morgan fingerprint density at radius 1 is 1.06 bits per heavy atom. The molecule has 3 aromatic carbocycles. The predicted octanol–water partition coefficient (Wildman–Crippen LogP) is 5.16. The monoisotopic (exact) mass is 500 g/mol. The van der Waals surface area contributed by atoms with Crippen LogP contribution < -0.4 is 10.1 Å². The molecule has 9 heteroatoms. The molecule has 0 saturated heterocycles. The summed E-state index contributed by atoms with van der Waals surface area (Å²) in [5, 5.41) is 13.0. The van der Waals surface area contributed by atoms with Gasteiger partial charge in [0.05, 0.1) is 17.2 Å². The van der Waals surface area contributed by atoms with E-state index in [4.69, 9.17) is 27.9 Å². The summed E-state index contributed by atoms with van der Waals surface area (Å²) in [6.07, 6.45) is 0.956. The fraction of sp³-hybridized carbons (Fsp3) is 0.200. The summed E-state index contributed by atoms with van der Waals surface area (Å²) in [7, 11) is 1.11. The van der Waals surface area contributed by atoms with Crippen molar-refractivity contribution in [2.75, 3.05) is 19.0 Å². The van der Waals surface area contributed by atoms with E-state index in [1.807, 2.05) is 6.07 Å². The second kappa shape index (κ2) is 10.3. The molecular weight excluding hydrogens is 479 g/mol. The fourth-order valence-corrected chi connectivity index (χ4v) is 4.37. The van der Waals surface area contributed by atoms with Crippen molar-refractivity contribution >= 4 is 40.8 Å². The molecule has 0 bridgehead atoms. The van der Waals surface area contributed by atoms with E-state index >= 15 is 0 Å². The summed E-state index contributed by atoms with van der Waals surface area (Å²) >= 11 is 12.6. The quantitative estimate of drug-likeness (QED) is 0.371. The molecule has 176 valence electrons. The molecule has 0 aromatic heterocycles. The molecule has 0 unspecified atom stereocenters. The number of rotatable bonds is 5. The van der Waals surface area contributed by atoms with Gasteiger partial charge in [-0.15, -0.1) is 0 Å². The highest BCUT2D eigenvalue weighted by Crippen LogP contribution is 2.40. The van der Waals surface area contributed by atoms with Gasteiger partial charge < -0.3 is 19.9 Å². The number of fused-ring (bicyclic) bond motifs is 1. The minimum absolute atomic E-state index is 0.134. The molecule has 3 aromatic rings. The van der Waals surface area contributed by atoms with Crippen molar-refractivity contribution in [2.24, 2.45) is 0 Å². The van der Waals surface area contributed by atoms with Gasteiger partial charge in [-0.05, 0) is 47.9 Å². The maximum atomic E-state index is 11.7. The lowest BCUT2D eigenvalue weighted by Crippen LogP contribution is -2.30. The van der Waals surface area contributed by atoms with E-state index in [1.165, 1.54) is 23.3 Å². The Balaban J connectivity index is 1.49. The van der Waals surface area contributed by atoms with Gasteiger partial charge in [-0.3, -0.25) is 9.69 Å². The Morgan fingerprint density at radius 3 is 2.47 bits per heavy atom. The molecule has 0 radical (unpaired) electrons. The van der Waals surface area contributed by atoms with Crippen LogP contribution in [0.15, 0.2) is 54.6 Å². The van der Waals surface area contributed by atoms with Gasteiger partial charge >= 0.3 is 11.9 Å². The van der Waals surface area contributed by atoms with E-state index in [1.54, 1.807) is 18.2 Å². The molecule has 0 fully saturated rings. The molecule has 34 heavy (non-hydrogen) atoms. The molecule has 4 rings (SSSR count). The molecular formula is C25H22Cl2N2O5. The number of benzene rings is 3. The lowest BCUT2D eigenvalue weighted by atomic mass is 9.99. The smallest absolute Gasteiger partial charge is 0.396 e. The van der Waals surface area contributed by atoms with Crippen molar-refractivity contribution < 1.29 is 24.2 Å². The SMILES string of the molecule is COC(=O)C(=O)Nc1cc(Cl)c(Oc2ccc(O)c(CN3CCc4ccccc4C3)c2)c(Cl)c1. The van der Waals surface area contributed by atoms with E-state index < -0.39 is 11.9 Å². The number of esters is 1.